The monoisotopic (exact) mass is 543 g/mol. The van der Waals surface area contributed by atoms with E-state index in [0.717, 1.165) is 71.5 Å². The van der Waals surface area contributed by atoms with Gasteiger partial charge in [0, 0.05) is 58.4 Å². The number of morpholine rings is 1. The molecule has 3 rings (SSSR count). The SMILES string of the molecule is CCNC(=NCC(C)CN1CCOCC1)NC1CCN(Cc2ccccc2C)CC1.I. The summed E-state index contributed by atoms with van der Waals surface area (Å²) in [6.45, 7) is 16.7. The number of hydrogen-bond donors (Lipinski definition) is 2. The van der Waals surface area contributed by atoms with Crippen LogP contribution in [0.25, 0.3) is 0 Å². The minimum Gasteiger partial charge on any atom is -0.379 e. The minimum absolute atomic E-state index is 0. The Bertz CT molecular complexity index is 657. The van der Waals surface area contributed by atoms with Gasteiger partial charge in [-0.1, -0.05) is 31.2 Å². The molecule has 2 saturated heterocycles. The minimum atomic E-state index is 0. The van der Waals surface area contributed by atoms with Gasteiger partial charge < -0.3 is 15.4 Å². The van der Waals surface area contributed by atoms with Crippen molar-refractivity contribution in [2.75, 3.05) is 59.0 Å². The third-order valence-corrected chi connectivity index (χ3v) is 6.16. The first-order chi connectivity index (χ1) is 14.6. The molecule has 0 bridgehead atoms. The second-order valence-electron chi connectivity index (χ2n) is 8.86. The van der Waals surface area contributed by atoms with Crippen LogP contribution in [0.5, 0.6) is 0 Å². The number of halogens is 1. The van der Waals surface area contributed by atoms with E-state index in [2.05, 4.69) is 65.5 Å². The number of hydrogen-bond acceptors (Lipinski definition) is 4. The number of benzene rings is 1. The number of nitrogens with zero attached hydrogens (tertiary/aromatic N) is 3. The zero-order chi connectivity index (χ0) is 21.2. The van der Waals surface area contributed by atoms with Gasteiger partial charge in [-0.25, -0.2) is 0 Å². The molecule has 7 heteroatoms. The smallest absolute Gasteiger partial charge is 0.191 e. The summed E-state index contributed by atoms with van der Waals surface area (Å²) in [5.74, 6) is 1.53. The molecular weight excluding hydrogens is 501 g/mol. The Morgan fingerprint density at radius 2 is 1.84 bits per heavy atom. The molecule has 2 N–H and O–H groups in total. The Hall–Kier alpha value is -0.900. The number of ether oxygens (including phenoxy) is 1. The van der Waals surface area contributed by atoms with Gasteiger partial charge in [-0.05, 0) is 43.7 Å². The summed E-state index contributed by atoms with van der Waals surface area (Å²) in [6, 6.07) is 9.25. The van der Waals surface area contributed by atoms with Crippen molar-refractivity contribution in [1.29, 1.82) is 0 Å². The van der Waals surface area contributed by atoms with Crippen LogP contribution in [0.1, 0.15) is 37.8 Å². The third-order valence-electron chi connectivity index (χ3n) is 6.16. The Morgan fingerprint density at radius 1 is 1.13 bits per heavy atom. The number of piperidine rings is 1. The molecule has 1 aromatic rings. The predicted molar refractivity (Wildman–Crippen MR) is 140 cm³/mol. The van der Waals surface area contributed by atoms with Gasteiger partial charge in [0.15, 0.2) is 5.96 Å². The first-order valence-electron chi connectivity index (χ1n) is 11.8. The van der Waals surface area contributed by atoms with Crippen LogP contribution in [0.4, 0.5) is 0 Å². The third kappa shape index (κ3) is 9.24. The normalized spacial score (nSPS) is 20.2. The van der Waals surface area contributed by atoms with Gasteiger partial charge in [0.05, 0.1) is 13.2 Å². The van der Waals surface area contributed by atoms with Crippen LogP contribution in [-0.4, -0.2) is 80.8 Å². The van der Waals surface area contributed by atoms with Crippen molar-refractivity contribution < 1.29 is 4.74 Å². The molecule has 2 aliphatic heterocycles. The summed E-state index contributed by atoms with van der Waals surface area (Å²) in [5.41, 5.74) is 2.85. The number of aryl methyl sites for hydroxylation is 1. The highest BCUT2D eigenvalue weighted by molar-refractivity contribution is 14.0. The molecule has 2 heterocycles. The summed E-state index contributed by atoms with van der Waals surface area (Å²) >= 11 is 0. The van der Waals surface area contributed by atoms with Crippen molar-refractivity contribution in [2.45, 2.75) is 46.2 Å². The van der Waals surface area contributed by atoms with Crippen LogP contribution in [0.3, 0.4) is 0 Å². The molecule has 0 aromatic heterocycles. The number of aliphatic imine (C=N–C) groups is 1. The molecule has 0 aliphatic carbocycles. The van der Waals surface area contributed by atoms with Gasteiger partial charge in [-0.3, -0.25) is 14.8 Å². The predicted octanol–water partition coefficient (Wildman–Crippen LogP) is 3.10. The Labute approximate surface area is 206 Å². The lowest BCUT2D eigenvalue weighted by molar-refractivity contribution is 0.0323. The topological polar surface area (TPSA) is 52.1 Å². The average Bonchev–Trinajstić information content (AvgIpc) is 2.76. The Balaban J connectivity index is 0.00000341. The van der Waals surface area contributed by atoms with Crippen molar-refractivity contribution in [3.05, 3.63) is 35.4 Å². The second-order valence-corrected chi connectivity index (χ2v) is 8.86. The molecule has 1 atom stereocenters. The van der Waals surface area contributed by atoms with Crippen LogP contribution in [-0.2, 0) is 11.3 Å². The van der Waals surface area contributed by atoms with Crippen molar-refractivity contribution in [3.8, 4) is 0 Å². The molecule has 6 nitrogen and oxygen atoms in total. The van der Waals surface area contributed by atoms with Gasteiger partial charge in [0.25, 0.3) is 0 Å². The molecule has 1 aromatic carbocycles. The average molecular weight is 544 g/mol. The summed E-state index contributed by atoms with van der Waals surface area (Å²) in [4.78, 5) is 9.97. The number of likely N-dealkylation sites (tertiary alicyclic amines) is 1. The summed E-state index contributed by atoms with van der Waals surface area (Å²) < 4.78 is 5.45. The lowest BCUT2D eigenvalue weighted by Crippen LogP contribution is -2.48. The first kappa shape index (κ1) is 26.4. The summed E-state index contributed by atoms with van der Waals surface area (Å²) in [6.07, 6.45) is 2.33. The lowest BCUT2D eigenvalue weighted by atomic mass is 10.0. The van der Waals surface area contributed by atoms with Crippen molar-refractivity contribution in [1.82, 2.24) is 20.4 Å². The Morgan fingerprint density at radius 3 is 2.52 bits per heavy atom. The number of rotatable bonds is 8. The van der Waals surface area contributed by atoms with E-state index in [1.165, 1.54) is 24.0 Å². The van der Waals surface area contributed by atoms with Crippen molar-refractivity contribution >= 4 is 29.9 Å². The van der Waals surface area contributed by atoms with E-state index in [1.54, 1.807) is 0 Å². The molecule has 0 radical (unpaired) electrons. The second kappa shape index (κ2) is 14.3. The molecule has 176 valence electrons. The van der Waals surface area contributed by atoms with Gasteiger partial charge in [0.2, 0.25) is 0 Å². The van der Waals surface area contributed by atoms with Crippen molar-refractivity contribution in [2.24, 2.45) is 10.9 Å². The van der Waals surface area contributed by atoms with E-state index in [-0.39, 0.29) is 24.0 Å². The van der Waals surface area contributed by atoms with Crippen molar-refractivity contribution in [3.63, 3.8) is 0 Å². The zero-order valence-electron chi connectivity index (χ0n) is 19.6. The van der Waals surface area contributed by atoms with E-state index in [1.807, 2.05) is 0 Å². The van der Waals surface area contributed by atoms with Gasteiger partial charge in [0.1, 0.15) is 0 Å². The van der Waals surface area contributed by atoms with Crippen LogP contribution >= 0.6 is 24.0 Å². The maximum atomic E-state index is 5.45. The first-order valence-corrected chi connectivity index (χ1v) is 11.8. The molecule has 0 spiro atoms. The molecule has 1 unspecified atom stereocenters. The number of guanidine groups is 1. The standard InChI is InChI=1S/C24H41N5O.HI/c1-4-25-24(26-17-20(2)18-29-13-15-30-16-14-29)27-23-9-11-28(12-10-23)19-22-8-6-5-7-21(22)3;/h5-8,20,23H,4,9-19H2,1-3H3,(H2,25,26,27);1H. The maximum absolute atomic E-state index is 5.45. The molecule has 2 aliphatic rings. The Kier molecular flexibility index (Phi) is 12.1. The quantitative estimate of drug-likeness (QED) is 0.300. The van der Waals surface area contributed by atoms with E-state index >= 15 is 0 Å². The van der Waals surface area contributed by atoms with E-state index in [4.69, 9.17) is 9.73 Å². The van der Waals surface area contributed by atoms with E-state index in [0.29, 0.717) is 12.0 Å². The molecule has 2 fully saturated rings. The molecule has 0 amide bonds. The highest BCUT2D eigenvalue weighted by Crippen LogP contribution is 2.16. The van der Waals surface area contributed by atoms with Crippen LogP contribution in [0, 0.1) is 12.8 Å². The number of nitrogens with one attached hydrogen (secondary N) is 2. The van der Waals surface area contributed by atoms with Crippen LogP contribution in [0.2, 0.25) is 0 Å². The highest BCUT2D eigenvalue weighted by atomic mass is 127. The maximum Gasteiger partial charge on any atom is 0.191 e. The molecule has 0 saturated carbocycles. The molecule has 31 heavy (non-hydrogen) atoms. The fourth-order valence-corrected chi connectivity index (χ4v) is 4.31. The summed E-state index contributed by atoms with van der Waals surface area (Å²) in [7, 11) is 0. The largest absolute Gasteiger partial charge is 0.379 e. The summed E-state index contributed by atoms with van der Waals surface area (Å²) in [5, 5.41) is 7.13. The van der Waals surface area contributed by atoms with Gasteiger partial charge in [-0.2, -0.15) is 0 Å². The fraction of sp³-hybridized carbons (Fsp3) is 0.708. The van der Waals surface area contributed by atoms with Gasteiger partial charge >= 0.3 is 0 Å². The highest BCUT2D eigenvalue weighted by Gasteiger charge is 2.20. The zero-order valence-corrected chi connectivity index (χ0v) is 21.9. The van der Waals surface area contributed by atoms with E-state index in [9.17, 15) is 0 Å². The van der Waals surface area contributed by atoms with Crippen LogP contribution < -0.4 is 10.6 Å². The van der Waals surface area contributed by atoms with E-state index < -0.39 is 0 Å². The van der Waals surface area contributed by atoms with Gasteiger partial charge in [-0.15, -0.1) is 24.0 Å². The molecular formula is C24H42IN5O. The fourth-order valence-electron chi connectivity index (χ4n) is 4.31. The lowest BCUT2D eigenvalue weighted by Gasteiger charge is -2.33. The van der Waals surface area contributed by atoms with Crippen LogP contribution in [0.15, 0.2) is 29.3 Å².